The van der Waals surface area contributed by atoms with Crippen LogP contribution >= 0.6 is 22.9 Å². The average Bonchev–Trinajstić information content (AvgIpc) is 3.03. The number of thiazole rings is 1. The third-order valence-corrected chi connectivity index (χ3v) is 4.47. The van der Waals surface area contributed by atoms with Crippen LogP contribution in [0.25, 0.3) is 11.1 Å². The van der Waals surface area contributed by atoms with E-state index in [4.69, 9.17) is 11.6 Å². The lowest BCUT2D eigenvalue weighted by molar-refractivity contribution is -0.140. The Bertz CT molecular complexity index is 972. The Balaban J connectivity index is 1.88. The number of aryl methyl sites for hydroxylation is 1. The fourth-order valence-corrected chi connectivity index (χ4v) is 3.22. The Morgan fingerprint density at radius 2 is 1.92 bits per heavy atom. The van der Waals surface area contributed by atoms with Crippen LogP contribution in [0.3, 0.4) is 0 Å². The molecule has 0 spiro atoms. The standard InChI is InChI=1S/C17H11ClF3N3OS/c1-9-6-10(11-4-2-3-5-12(11)18)7-13(22-9)15(25)24-16-23-14(8-26-16)17(19,20)21/h2-8H,1H3,(H,23,24,25). The molecule has 9 heteroatoms. The molecule has 1 aromatic carbocycles. The highest BCUT2D eigenvalue weighted by Gasteiger charge is 2.34. The van der Waals surface area contributed by atoms with Crippen molar-refractivity contribution in [1.82, 2.24) is 9.97 Å². The second-order valence-electron chi connectivity index (χ2n) is 5.35. The summed E-state index contributed by atoms with van der Waals surface area (Å²) in [5.74, 6) is -0.648. The Labute approximate surface area is 155 Å². The van der Waals surface area contributed by atoms with Gasteiger partial charge >= 0.3 is 6.18 Å². The fraction of sp³-hybridized carbons (Fsp3) is 0.118. The van der Waals surface area contributed by atoms with Gasteiger partial charge in [0, 0.05) is 21.7 Å². The van der Waals surface area contributed by atoms with Gasteiger partial charge in [0.1, 0.15) is 5.69 Å². The second kappa shape index (κ2) is 7.05. The summed E-state index contributed by atoms with van der Waals surface area (Å²) in [7, 11) is 0. The van der Waals surface area contributed by atoms with E-state index in [1.165, 1.54) is 6.07 Å². The van der Waals surface area contributed by atoms with E-state index in [0.29, 0.717) is 27.6 Å². The molecule has 4 nitrogen and oxygen atoms in total. The lowest BCUT2D eigenvalue weighted by atomic mass is 10.0. The first kappa shape index (κ1) is 18.3. The first-order valence-corrected chi connectivity index (χ1v) is 8.57. The number of nitrogens with zero attached hydrogens (tertiary/aromatic N) is 2. The van der Waals surface area contributed by atoms with Crippen LogP contribution in [0.15, 0.2) is 41.8 Å². The molecule has 3 aromatic rings. The van der Waals surface area contributed by atoms with Gasteiger partial charge in [-0.1, -0.05) is 29.8 Å². The summed E-state index contributed by atoms with van der Waals surface area (Å²) >= 11 is 6.88. The van der Waals surface area contributed by atoms with E-state index >= 15 is 0 Å². The second-order valence-corrected chi connectivity index (χ2v) is 6.62. The maximum absolute atomic E-state index is 12.6. The van der Waals surface area contributed by atoms with Crippen molar-refractivity contribution in [2.24, 2.45) is 0 Å². The molecular formula is C17H11ClF3N3OS. The normalized spacial score (nSPS) is 11.4. The minimum absolute atomic E-state index is 0.0590. The van der Waals surface area contributed by atoms with Crippen molar-refractivity contribution in [2.75, 3.05) is 5.32 Å². The van der Waals surface area contributed by atoms with E-state index in [2.05, 4.69) is 15.3 Å². The van der Waals surface area contributed by atoms with Crippen LogP contribution in [0.2, 0.25) is 5.02 Å². The van der Waals surface area contributed by atoms with Crippen LogP contribution in [0.1, 0.15) is 21.9 Å². The summed E-state index contributed by atoms with van der Waals surface area (Å²) in [6, 6.07) is 10.4. The lowest BCUT2D eigenvalue weighted by Gasteiger charge is -2.08. The van der Waals surface area contributed by atoms with Gasteiger partial charge in [0.2, 0.25) is 0 Å². The van der Waals surface area contributed by atoms with E-state index in [0.717, 1.165) is 10.9 Å². The molecule has 0 radical (unpaired) electrons. The first-order valence-electron chi connectivity index (χ1n) is 7.32. The SMILES string of the molecule is Cc1cc(-c2ccccc2Cl)cc(C(=O)Nc2nc(C(F)(F)F)cs2)n1. The molecule has 0 aliphatic heterocycles. The number of rotatable bonds is 3. The fourth-order valence-electron chi connectivity index (χ4n) is 2.26. The number of carbonyl (C=O) groups is 1. The highest BCUT2D eigenvalue weighted by Crippen LogP contribution is 2.32. The van der Waals surface area contributed by atoms with Crippen molar-refractivity contribution in [3.63, 3.8) is 0 Å². The highest BCUT2D eigenvalue weighted by atomic mass is 35.5. The number of carbonyl (C=O) groups excluding carboxylic acids is 1. The number of nitrogens with one attached hydrogen (secondary N) is 1. The zero-order valence-electron chi connectivity index (χ0n) is 13.3. The van der Waals surface area contributed by atoms with Crippen LogP contribution in [-0.2, 0) is 6.18 Å². The summed E-state index contributed by atoms with van der Waals surface area (Å²) in [5.41, 5.74) is 0.990. The third kappa shape index (κ3) is 4.03. The van der Waals surface area contributed by atoms with Gasteiger partial charge in [-0.15, -0.1) is 11.3 Å². The monoisotopic (exact) mass is 397 g/mol. The molecule has 1 amide bonds. The van der Waals surface area contributed by atoms with Crippen LogP contribution in [-0.4, -0.2) is 15.9 Å². The number of halogens is 4. The maximum atomic E-state index is 12.6. The molecule has 1 N–H and O–H groups in total. The highest BCUT2D eigenvalue weighted by molar-refractivity contribution is 7.14. The van der Waals surface area contributed by atoms with Gasteiger partial charge in [-0.25, -0.2) is 9.97 Å². The van der Waals surface area contributed by atoms with Crippen molar-refractivity contribution >= 4 is 34.0 Å². The van der Waals surface area contributed by atoms with Gasteiger partial charge in [0.05, 0.1) is 0 Å². The molecule has 2 heterocycles. The molecule has 2 aromatic heterocycles. The predicted octanol–water partition coefficient (Wildman–Crippen LogP) is 5.44. The van der Waals surface area contributed by atoms with Crippen molar-refractivity contribution in [3.8, 4) is 11.1 Å². The van der Waals surface area contributed by atoms with Gasteiger partial charge in [0.15, 0.2) is 10.8 Å². The first-order chi connectivity index (χ1) is 12.2. The topological polar surface area (TPSA) is 54.9 Å². The molecule has 3 rings (SSSR count). The molecule has 0 atom stereocenters. The van der Waals surface area contributed by atoms with Gasteiger partial charge in [-0.05, 0) is 30.7 Å². The van der Waals surface area contributed by atoms with E-state index in [-0.39, 0.29) is 10.8 Å². The van der Waals surface area contributed by atoms with Crippen LogP contribution in [0.4, 0.5) is 18.3 Å². The molecular weight excluding hydrogens is 387 g/mol. The molecule has 0 saturated carbocycles. The molecule has 0 bridgehead atoms. The van der Waals surface area contributed by atoms with E-state index in [1.807, 2.05) is 6.07 Å². The minimum atomic E-state index is -4.56. The minimum Gasteiger partial charge on any atom is -0.296 e. The number of hydrogen-bond donors (Lipinski definition) is 1. The van der Waals surface area contributed by atoms with Gasteiger partial charge < -0.3 is 0 Å². The summed E-state index contributed by atoms with van der Waals surface area (Å²) in [6.07, 6.45) is -4.56. The van der Waals surface area contributed by atoms with Crippen molar-refractivity contribution in [3.05, 3.63) is 63.9 Å². The number of alkyl halides is 3. The summed E-state index contributed by atoms with van der Waals surface area (Å²) in [5, 5.41) is 3.55. The van der Waals surface area contributed by atoms with Crippen LogP contribution < -0.4 is 5.32 Å². The zero-order valence-corrected chi connectivity index (χ0v) is 14.8. The average molecular weight is 398 g/mol. The molecule has 0 aliphatic carbocycles. The smallest absolute Gasteiger partial charge is 0.296 e. The summed E-state index contributed by atoms with van der Waals surface area (Å²) < 4.78 is 37.8. The quantitative estimate of drug-likeness (QED) is 0.640. The van der Waals surface area contributed by atoms with Gasteiger partial charge in [-0.2, -0.15) is 13.2 Å². The molecule has 134 valence electrons. The predicted molar refractivity (Wildman–Crippen MR) is 94.5 cm³/mol. The Morgan fingerprint density at radius 1 is 1.19 bits per heavy atom. The van der Waals surface area contributed by atoms with Crippen molar-refractivity contribution in [1.29, 1.82) is 0 Å². The zero-order chi connectivity index (χ0) is 18.9. The van der Waals surface area contributed by atoms with Crippen molar-refractivity contribution in [2.45, 2.75) is 13.1 Å². The van der Waals surface area contributed by atoms with E-state index in [9.17, 15) is 18.0 Å². The Kier molecular flexibility index (Phi) is 4.97. The van der Waals surface area contributed by atoms with E-state index < -0.39 is 17.8 Å². The number of benzene rings is 1. The Hall–Kier alpha value is -2.45. The molecule has 0 saturated heterocycles. The molecule has 0 unspecified atom stereocenters. The Morgan fingerprint density at radius 3 is 2.58 bits per heavy atom. The summed E-state index contributed by atoms with van der Waals surface area (Å²) in [4.78, 5) is 19.9. The number of amides is 1. The number of pyridine rings is 1. The third-order valence-electron chi connectivity index (χ3n) is 3.39. The molecule has 0 aliphatic rings. The van der Waals surface area contributed by atoms with Crippen LogP contribution in [0.5, 0.6) is 0 Å². The number of anilines is 1. The van der Waals surface area contributed by atoms with Gasteiger partial charge in [0.25, 0.3) is 5.91 Å². The number of aromatic nitrogens is 2. The lowest BCUT2D eigenvalue weighted by Crippen LogP contribution is -2.15. The molecule has 0 fully saturated rings. The van der Waals surface area contributed by atoms with Crippen molar-refractivity contribution < 1.29 is 18.0 Å². The van der Waals surface area contributed by atoms with Gasteiger partial charge in [-0.3, -0.25) is 10.1 Å². The molecule has 26 heavy (non-hydrogen) atoms. The largest absolute Gasteiger partial charge is 0.434 e. The van der Waals surface area contributed by atoms with E-state index in [1.54, 1.807) is 31.2 Å². The van der Waals surface area contributed by atoms with Crippen LogP contribution in [0, 0.1) is 6.92 Å². The number of hydrogen-bond acceptors (Lipinski definition) is 4. The summed E-state index contributed by atoms with van der Waals surface area (Å²) in [6.45, 7) is 1.71. The maximum Gasteiger partial charge on any atom is 0.434 e.